The molecule has 0 aliphatic heterocycles. The maximum absolute atomic E-state index is 11.9. The summed E-state index contributed by atoms with van der Waals surface area (Å²) in [5.74, 6) is 1.48. The standard InChI is InChI=1S/C11H13ClN4O/c1-2-5-16-7-8(13-9(16)6-3-4-6)14-11(12)15-10(7)17/h6H,2-5H2,1H3,(H,14,15,17). The van der Waals surface area contributed by atoms with E-state index in [2.05, 4.69) is 21.9 Å². The van der Waals surface area contributed by atoms with Gasteiger partial charge in [0.15, 0.2) is 11.2 Å². The molecule has 1 N–H and O–H groups in total. The number of fused-ring (bicyclic) bond motifs is 1. The van der Waals surface area contributed by atoms with E-state index < -0.39 is 0 Å². The smallest absolute Gasteiger partial charge is 0.278 e. The lowest BCUT2D eigenvalue weighted by Gasteiger charge is -2.05. The van der Waals surface area contributed by atoms with Gasteiger partial charge in [0, 0.05) is 12.5 Å². The van der Waals surface area contributed by atoms with E-state index in [1.165, 1.54) is 0 Å². The van der Waals surface area contributed by atoms with Crippen LogP contribution >= 0.6 is 11.6 Å². The Morgan fingerprint density at radius 2 is 2.24 bits per heavy atom. The third-order valence-electron chi connectivity index (χ3n) is 3.00. The number of nitrogens with one attached hydrogen (secondary N) is 1. The lowest BCUT2D eigenvalue weighted by atomic mass is 10.3. The van der Waals surface area contributed by atoms with Crippen molar-refractivity contribution >= 4 is 22.8 Å². The number of nitrogens with zero attached hydrogens (tertiary/aromatic N) is 3. The molecular weight excluding hydrogens is 240 g/mol. The molecule has 90 valence electrons. The first-order valence-electron chi connectivity index (χ1n) is 5.86. The summed E-state index contributed by atoms with van der Waals surface area (Å²) in [4.78, 5) is 23.0. The van der Waals surface area contributed by atoms with Gasteiger partial charge in [0.05, 0.1) is 0 Å². The zero-order valence-corrected chi connectivity index (χ0v) is 10.3. The van der Waals surface area contributed by atoms with Crippen molar-refractivity contribution in [3.63, 3.8) is 0 Å². The molecule has 6 heteroatoms. The van der Waals surface area contributed by atoms with Crippen LogP contribution in [0.25, 0.3) is 11.2 Å². The van der Waals surface area contributed by atoms with Gasteiger partial charge in [-0.05, 0) is 30.9 Å². The van der Waals surface area contributed by atoms with Gasteiger partial charge in [-0.2, -0.15) is 4.98 Å². The minimum atomic E-state index is -0.201. The lowest BCUT2D eigenvalue weighted by molar-refractivity contribution is 0.654. The highest BCUT2D eigenvalue weighted by atomic mass is 35.5. The highest BCUT2D eigenvalue weighted by molar-refractivity contribution is 6.28. The van der Waals surface area contributed by atoms with Crippen LogP contribution in [0.3, 0.4) is 0 Å². The van der Waals surface area contributed by atoms with E-state index in [4.69, 9.17) is 11.6 Å². The molecule has 1 aliphatic rings. The van der Waals surface area contributed by atoms with Gasteiger partial charge in [-0.3, -0.25) is 9.78 Å². The van der Waals surface area contributed by atoms with Crippen LogP contribution < -0.4 is 5.56 Å². The van der Waals surface area contributed by atoms with Crippen LogP contribution in [-0.4, -0.2) is 19.5 Å². The molecule has 2 aromatic rings. The summed E-state index contributed by atoms with van der Waals surface area (Å²) in [7, 11) is 0. The fourth-order valence-electron chi connectivity index (χ4n) is 2.14. The summed E-state index contributed by atoms with van der Waals surface area (Å²) in [6, 6.07) is 0. The van der Waals surface area contributed by atoms with E-state index in [1.807, 2.05) is 4.57 Å². The van der Waals surface area contributed by atoms with E-state index in [0.29, 0.717) is 17.1 Å². The molecule has 1 aliphatic carbocycles. The molecule has 0 unspecified atom stereocenters. The van der Waals surface area contributed by atoms with Crippen LogP contribution in [0.4, 0.5) is 0 Å². The van der Waals surface area contributed by atoms with Crippen molar-refractivity contribution in [3.8, 4) is 0 Å². The third-order valence-corrected chi connectivity index (χ3v) is 3.18. The molecular formula is C11H13ClN4O. The molecule has 0 spiro atoms. The normalized spacial score (nSPS) is 15.6. The van der Waals surface area contributed by atoms with Crippen molar-refractivity contribution in [3.05, 3.63) is 21.5 Å². The van der Waals surface area contributed by atoms with Crippen LogP contribution in [0.5, 0.6) is 0 Å². The quantitative estimate of drug-likeness (QED) is 0.851. The van der Waals surface area contributed by atoms with Gasteiger partial charge in [0.1, 0.15) is 5.82 Å². The van der Waals surface area contributed by atoms with Gasteiger partial charge < -0.3 is 4.57 Å². The van der Waals surface area contributed by atoms with E-state index in [9.17, 15) is 4.79 Å². The van der Waals surface area contributed by atoms with Gasteiger partial charge in [-0.15, -0.1) is 0 Å². The Labute approximate surface area is 103 Å². The number of H-pyrrole nitrogens is 1. The predicted molar refractivity (Wildman–Crippen MR) is 65.4 cm³/mol. The van der Waals surface area contributed by atoms with Crippen LogP contribution in [0.1, 0.15) is 37.9 Å². The fourth-order valence-corrected chi connectivity index (χ4v) is 2.30. The van der Waals surface area contributed by atoms with Crippen LogP contribution in [0.15, 0.2) is 4.79 Å². The van der Waals surface area contributed by atoms with Gasteiger partial charge in [0.2, 0.25) is 5.28 Å². The first kappa shape index (κ1) is 10.8. The Bertz CT molecular complexity index is 626. The Kier molecular flexibility index (Phi) is 2.43. The molecule has 1 fully saturated rings. The Hall–Kier alpha value is -1.36. The Balaban J connectivity index is 2.30. The molecule has 3 rings (SSSR count). The van der Waals surface area contributed by atoms with Gasteiger partial charge in [-0.1, -0.05) is 6.92 Å². The van der Waals surface area contributed by atoms with Crippen molar-refractivity contribution in [2.24, 2.45) is 0 Å². The number of aromatic nitrogens is 4. The second kappa shape index (κ2) is 3.84. The topological polar surface area (TPSA) is 63.6 Å². The summed E-state index contributed by atoms with van der Waals surface area (Å²) in [6.45, 7) is 2.88. The number of hydrogen-bond donors (Lipinski definition) is 1. The van der Waals surface area contributed by atoms with Gasteiger partial charge >= 0.3 is 0 Å². The Morgan fingerprint density at radius 1 is 1.47 bits per heavy atom. The molecule has 0 atom stereocenters. The highest BCUT2D eigenvalue weighted by Crippen LogP contribution is 2.40. The number of aromatic amines is 1. The monoisotopic (exact) mass is 252 g/mol. The van der Waals surface area contributed by atoms with Gasteiger partial charge in [0.25, 0.3) is 5.56 Å². The molecule has 2 heterocycles. The van der Waals surface area contributed by atoms with E-state index in [1.54, 1.807) is 0 Å². The average Bonchev–Trinajstić information content (AvgIpc) is 3.03. The number of aryl methyl sites for hydroxylation is 1. The molecule has 0 bridgehead atoms. The SMILES string of the molecule is CCCn1c(C2CC2)nc2nc(Cl)[nH]c(=O)c21. The van der Waals surface area contributed by atoms with E-state index in [0.717, 1.165) is 31.6 Å². The summed E-state index contributed by atoms with van der Waals surface area (Å²) in [5.41, 5.74) is 0.820. The molecule has 0 saturated heterocycles. The zero-order valence-electron chi connectivity index (χ0n) is 9.53. The molecule has 0 radical (unpaired) electrons. The first-order chi connectivity index (χ1) is 8.20. The maximum atomic E-state index is 11.9. The fraction of sp³-hybridized carbons (Fsp3) is 0.545. The van der Waals surface area contributed by atoms with Crippen molar-refractivity contribution < 1.29 is 0 Å². The minimum Gasteiger partial charge on any atom is -0.322 e. The number of imidazole rings is 1. The summed E-state index contributed by atoms with van der Waals surface area (Å²) >= 11 is 5.74. The number of halogens is 1. The van der Waals surface area contributed by atoms with Crippen molar-refractivity contribution in [1.29, 1.82) is 0 Å². The van der Waals surface area contributed by atoms with Gasteiger partial charge in [-0.25, -0.2) is 4.98 Å². The van der Waals surface area contributed by atoms with Crippen molar-refractivity contribution in [1.82, 2.24) is 19.5 Å². The molecule has 17 heavy (non-hydrogen) atoms. The number of hydrogen-bond acceptors (Lipinski definition) is 3. The number of rotatable bonds is 3. The van der Waals surface area contributed by atoms with Crippen molar-refractivity contribution in [2.45, 2.75) is 38.6 Å². The molecule has 1 saturated carbocycles. The lowest BCUT2D eigenvalue weighted by Crippen LogP contribution is -2.13. The summed E-state index contributed by atoms with van der Waals surface area (Å²) < 4.78 is 2.00. The first-order valence-corrected chi connectivity index (χ1v) is 6.24. The van der Waals surface area contributed by atoms with Crippen LogP contribution in [-0.2, 0) is 6.54 Å². The molecule has 0 aromatic carbocycles. The second-order valence-corrected chi connectivity index (χ2v) is 4.78. The summed E-state index contributed by atoms with van der Waals surface area (Å²) in [6.07, 6.45) is 3.27. The minimum absolute atomic E-state index is 0.103. The molecule has 0 amide bonds. The largest absolute Gasteiger partial charge is 0.322 e. The van der Waals surface area contributed by atoms with Crippen LogP contribution in [0.2, 0.25) is 5.28 Å². The van der Waals surface area contributed by atoms with E-state index >= 15 is 0 Å². The van der Waals surface area contributed by atoms with Crippen LogP contribution in [0, 0.1) is 0 Å². The third kappa shape index (κ3) is 1.74. The summed E-state index contributed by atoms with van der Waals surface area (Å²) in [5, 5.41) is 0.103. The zero-order chi connectivity index (χ0) is 12.0. The predicted octanol–water partition coefficient (Wildman–Crippen LogP) is 2.06. The molecule has 5 nitrogen and oxygen atoms in total. The highest BCUT2D eigenvalue weighted by Gasteiger charge is 2.30. The molecule has 2 aromatic heterocycles. The maximum Gasteiger partial charge on any atom is 0.278 e. The second-order valence-electron chi connectivity index (χ2n) is 4.42. The Morgan fingerprint density at radius 3 is 2.88 bits per heavy atom. The van der Waals surface area contributed by atoms with E-state index in [-0.39, 0.29) is 10.8 Å². The average molecular weight is 253 g/mol. The van der Waals surface area contributed by atoms with Crippen molar-refractivity contribution in [2.75, 3.05) is 0 Å².